The lowest BCUT2D eigenvalue weighted by atomic mass is 10.1. The minimum Gasteiger partial charge on any atom is -0.483 e. The molecule has 6 heteroatoms. The van der Waals surface area contributed by atoms with Crippen LogP contribution in [0.1, 0.15) is 17.5 Å². The van der Waals surface area contributed by atoms with Crippen molar-refractivity contribution in [1.82, 2.24) is 5.32 Å². The van der Waals surface area contributed by atoms with Gasteiger partial charge < -0.3 is 15.2 Å². The maximum Gasteiger partial charge on any atom is 0.326 e. The fraction of sp³-hybridized carbons (Fsp3) is 0.467. The Balaban J connectivity index is 2.52. The number of amides is 1. The van der Waals surface area contributed by atoms with Crippen molar-refractivity contribution in [3.8, 4) is 5.75 Å². The van der Waals surface area contributed by atoms with E-state index in [2.05, 4.69) is 5.32 Å². The number of benzene rings is 1. The second-order valence-corrected chi connectivity index (χ2v) is 5.71. The molecule has 1 aromatic rings. The maximum absolute atomic E-state index is 11.8. The fourth-order valence-electron chi connectivity index (χ4n) is 1.75. The molecule has 0 saturated heterocycles. The molecule has 0 radical (unpaired) electrons. The lowest BCUT2D eigenvalue weighted by Crippen LogP contribution is -2.43. The fourth-order valence-corrected chi connectivity index (χ4v) is 2.22. The van der Waals surface area contributed by atoms with Crippen LogP contribution in [-0.2, 0) is 9.59 Å². The zero-order valence-electron chi connectivity index (χ0n) is 12.5. The van der Waals surface area contributed by atoms with Crippen molar-refractivity contribution in [2.24, 2.45) is 0 Å². The van der Waals surface area contributed by atoms with Crippen LogP contribution in [0.3, 0.4) is 0 Å². The van der Waals surface area contributed by atoms with Crippen LogP contribution in [0.15, 0.2) is 18.2 Å². The summed E-state index contributed by atoms with van der Waals surface area (Å²) in [6, 6.07) is 4.74. The first kappa shape index (κ1) is 17.4. The number of aliphatic carboxylic acids is 1. The molecule has 21 heavy (non-hydrogen) atoms. The average molecular weight is 311 g/mol. The molecule has 0 fully saturated rings. The van der Waals surface area contributed by atoms with Crippen LogP contribution in [0.25, 0.3) is 0 Å². The Morgan fingerprint density at radius 2 is 2.10 bits per heavy atom. The van der Waals surface area contributed by atoms with Crippen LogP contribution in [-0.4, -0.2) is 41.6 Å². The molecule has 1 aromatic carbocycles. The van der Waals surface area contributed by atoms with Crippen LogP contribution in [0.5, 0.6) is 5.75 Å². The predicted octanol–water partition coefficient (Wildman–Crippen LogP) is 2.00. The highest BCUT2D eigenvalue weighted by Crippen LogP contribution is 2.20. The largest absolute Gasteiger partial charge is 0.483 e. The second kappa shape index (κ2) is 8.56. The molecule has 116 valence electrons. The number of ether oxygens (including phenoxy) is 1. The number of carbonyl (C=O) groups excluding carboxylic acids is 1. The number of carboxylic acids is 1. The SMILES string of the molecule is CSCC[C@@H](NC(=O)COc1cccc(C)c1C)C(=O)O. The molecule has 2 N–H and O–H groups in total. The third kappa shape index (κ3) is 5.67. The molecule has 0 aliphatic rings. The van der Waals surface area contributed by atoms with Crippen molar-refractivity contribution in [2.75, 3.05) is 18.6 Å². The van der Waals surface area contributed by atoms with E-state index in [9.17, 15) is 9.59 Å². The maximum atomic E-state index is 11.8. The molecule has 0 spiro atoms. The molecule has 0 saturated carbocycles. The summed E-state index contributed by atoms with van der Waals surface area (Å²) in [6.45, 7) is 3.69. The van der Waals surface area contributed by atoms with Gasteiger partial charge in [-0.2, -0.15) is 11.8 Å². The zero-order chi connectivity index (χ0) is 15.8. The highest BCUT2D eigenvalue weighted by atomic mass is 32.2. The quantitative estimate of drug-likeness (QED) is 0.768. The van der Waals surface area contributed by atoms with Gasteiger partial charge in [-0.3, -0.25) is 4.79 Å². The monoisotopic (exact) mass is 311 g/mol. The normalized spacial score (nSPS) is 11.8. The number of carboxylic acid groups (broad SMARTS) is 1. The van der Waals surface area contributed by atoms with Crippen molar-refractivity contribution in [1.29, 1.82) is 0 Å². The lowest BCUT2D eigenvalue weighted by molar-refractivity contribution is -0.142. The molecular formula is C15H21NO4S. The lowest BCUT2D eigenvalue weighted by Gasteiger charge is -2.15. The number of aryl methyl sites for hydroxylation is 1. The summed E-state index contributed by atoms with van der Waals surface area (Å²) >= 11 is 1.54. The van der Waals surface area contributed by atoms with E-state index in [0.717, 1.165) is 11.1 Å². The van der Waals surface area contributed by atoms with Crippen molar-refractivity contribution in [3.05, 3.63) is 29.3 Å². The van der Waals surface area contributed by atoms with E-state index in [1.54, 1.807) is 17.8 Å². The Kier molecular flexibility index (Phi) is 7.08. The number of carbonyl (C=O) groups is 2. The van der Waals surface area contributed by atoms with Crippen molar-refractivity contribution in [3.63, 3.8) is 0 Å². The Labute approximate surface area is 129 Å². The van der Waals surface area contributed by atoms with E-state index in [4.69, 9.17) is 9.84 Å². The Bertz CT molecular complexity index is 504. The number of nitrogens with one attached hydrogen (secondary N) is 1. The molecule has 5 nitrogen and oxygen atoms in total. The molecule has 1 amide bonds. The van der Waals surface area contributed by atoms with Gasteiger partial charge in [0, 0.05) is 0 Å². The Morgan fingerprint density at radius 3 is 2.71 bits per heavy atom. The Hall–Kier alpha value is -1.69. The number of thioether (sulfide) groups is 1. The van der Waals surface area contributed by atoms with Gasteiger partial charge in [-0.1, -0.05) is 12.1 Å². The molecule has 0 bridgehead atoms. The predicted molar refractivity (Wildman–Crippen MR) is 84.0 cm³/mol. The Morgan fingerprint density at radius 1 is 1.38 bits per heavy atom. The van der Waals surface area contributed by atoms with Gasteiger partial charge in [0.05, 0.1) is 0 Å². The standard InChI is InChI=1S/C15H21NO4S/c1-10-5-4-6-13(11(10)2)20-9-14(17)16-12(15(18)19)7-8-21-3/h4-6,12H,7-9H2,1-3H3,(H,16,17)(H,18,19)/t12-/m1/s1. The van der Waals surface area contributed by atoms with Crippen LogP contribution < -0.4 is 10.1 Å². The number of hydrogen-bond acceptors (Lipinski definition) is 4. The summed E-state index contributed by atoms with van der Waals surface area (Å²) < 4.78 is 5.45. The van der Waals surface area contributed by atoms with E-state index < -0.39 is 17.9 Å². The van der Waals surface area contributed by atoms with E-state index in [1.807, 2.05) is 32.2 Å². The topological polar surface area (TPSA) is 75.6 Å². The first-order chi connectivity index (χ1) is 9.95. The molecule has 0 aliphatic carbocycles. The van der Waals surface area contributed by atoms with Gasteiger partial charge in [0.2, 0.25) is 0 Å². The highest BCUT2D eigenvalue weighted by molar-refractivity contribution is 7.98. The number of hydrogen-bond donors (Lipinski definition) is 2. The number of rotatable bonds is 8. The molecule has 0 aliphatic heterocycles. The van der Waals surface area contributed by atoms with Crippen LogP contribution >= 0.6 is 11.8 Å². The van der Waals surface area contributed by atoms with Crippen molar-refractivity contribution in [2.45, 2.75) is 26.3 Å². The molecular weight excluding hydrogens is 290 g/mol. The first-order valence-corrected chi connectivity index (χ1v) is 8.05. The summed E-state index contributed by atoms with van der Waals surface area (Å²) in [5.74, 6) is -0.135. The zero-order valence-corrected chi connectivity index (χ0v) is 13.3. The molecule has 0 heterocycles. The van der Waals surface area contributed by atoms with Gasteiger partial charge in [0.1, 0.15) is 11.8 Å². The van der Waals surface area contributed by atoms with E-state index in [1.165, 1.54) is 0 Å². The minimum absolute atomic E-state index is 0.187. The first-order valence-electron chi connectivity index (χ1n) is 6.65. The van der Waals surface area contributed by atoms with Crippen molar-refractivity contribution >= 4 is 23.6 Å². The van der Waals surface area contributed by atoms with Gasteiger partial charge >= 0.3 is 5.97 Å². The summed E-state index contributed by atoms with van der Waals surface area (Å²) in [5, 5.41) is 11.5. The van der Waals surface area contributed by atoms with E-state index in [0.29, 0.717) is 17.9 Å². The second-order valence-electron chi connectivity index (χ2n) is 4.73. The van der Waals surface area contributed by atoms with Crippen LogP contribution in [0.2, 0.25) is 0 Å². The molecule has 0 unspecified atom stereocenters. The van der Waals surface area contributed by atoms with Gasteiger partial charge in [-0.05, 0) is 49.5 Å². The van der Waals surface area contributed by atoms with Crippen LogP contribution in [0, 0.1) is 13.8 Å². The van der Waals surface area contributed by atoms with E-state index >= 15 is 0 Å². The summed E-state index contributed by atoms with van der Waals surface area (Å²) in [5.41, 5.74) is 2.05. The third-order valence-corrected chi connectivity index (χ3v) is 3.80. The van der Waals surface area contributed by atoms with Gasteiger partial charge in [0.15, 0.2) is 6.61 Å². The third-order valence-electron chi connectivity index (χ3n) is 3.16. The highest BCUT2D eigenvalue weighted by Gasteiger charge is 2.19. The van der Waals surface area contributed by atoms with Gasteiger partial charge in [-0.25, -0.2) is 4.79 Å². The summed E-state index contributed by atoms with van der Waals surface area (Å²) in [6.07, 6.45) is 2.29. The minimum atomic E-state index is -1.02. The molecule has 1 atom stereocenters. The van der Waals surface area contributed by atoms with Gasteiger partial charge in [0.25, 0.3) is 5.91 Å². The molecule has 0 aromatic heterocycles. The van der Waals surface area contributed by atoms with Crippen molar-refractivity contribution < 1.29 is 19.4 Å². The smallest absolute Gasteiger partial charge is 0.326 e. The van der Waals surface area contributed by atoms with E-state index in [-0.39, 0.29) is 6.61 Å². The molecule has 1 rings (SSSR count). The summed E-state index contributed by atoms with van der Waals surface area (Å²) in [7, 11) is 0. The van der Waals surface area contributed by atoms with Gasteiger partial charge in [-0.15, -0.1) is 0 Å². The average Bonchev–Trinajstić information content (AvgIpc) is 2.44. The summed E-state index contributed by atoms with van der Waals surface area (Å²) in [4.78, 5) is 22.8. The van der Waals surface area contributed by atoms with Crippen LogP contribution in [0.4, 0.5) is 0 Å².